The molecule has 2 N–H and O–H groups in total. The molecule has 5 heteroatoms. The van der Waals surface area contributed by atoms with Gasteiger partial charge in [0.25, 0.3) is 5.91 Å². The van der Waals surface area contributed by atoms with Gasteiger partial charge in [-0.25, -0.2) is 4.98 Å². The summed E-state index contributed by atoms with van der Waals surface area (Å²) < 4.78 is 0. The first kappa shape index (κ1) is 16.5. The third-order valence-electron chi connectivity index (χ3n) is 3.97. The SMILES string of the molecule is CC(C)c1ccc(C(=O)NCCc2[nH]cnc2-c2cccs2)cc1. The maximum Gasteiger partial charge on any atom is 0.251 e. The second-order valence-electron chi connectivity index (χ2n) is 5.99. The molecule has 124 valence electrons. The number of H-pyrrole nitrogens is 1. The van der Waals surface area contributed by atoms with Gasteiger partial charge in [-0.15, -0.1) is 11.3 Å². The molecule has 2 aromatic heterocycles. The Morgan fingerprint density at radius 1 is 1.25 bits per heavy atom. The highest BCUT2D eigenvalue weighted by molar-refractivity contribution is 7.13. The number of benzene rings is 1. The van der Waals surface area contributed by atoms with E-state index in [1.165, 1.54) is 5.56 Å². The zero-order valence-electron chi connectivity index (χ0n) is 13.9. The molecule has 24 heavy (non-hydrogen) atoms. The fourth-order valence-corrected chi connectivity index (χ4v) is 3.31. The van der Waals surface area contributed by atoms with Crippen LogP contribution in [0.25, 0.3) is 10.6 Å². The molecule has 0 aliphatic carbocycles. The third-order valence-corrected chi connectivity index (χ3v) is 4.85. The number of nitrogens with zero attached hydrogens (tertiary/aromatic N) is 1. The molecule has 0 fully saturated rings. The Balaban J connectivity index is 1.57. The second kappa shape index (κ2) is 7.45. The zero-order chi connectivity index (χ0) is 16.9. The Hall–Kier alpha value is -2.40. The van der Waals surface area contributed by atoms with Gasteiger partial charge in [0, 0.05) is 24.2 Å². The van der Waals surface area contributed by atoms with Crippen molar-refractivity contribution >= 4 is 17.2 Å². The van der Waals surface area contributed by atoms with E-state index < -0.39 is 0 Å². The van der Waals surface area contributed by atoms with Crippen LogP contribution in [0, 0.1) is 0 Å². The summed E-state index contributed by atoms with van der Waals surface area (Å²) in [5.41, 5.74) is 3.96. The summed E-state index contributed by atoms with van der Waals surface area (Å²) >= 11 is 1.67. The first-order valence-electron chi connectivity index (χ1n) is 8.09. The lowest BCUT2D eigenvalue weighted by atomic mass is 10.0. The third kappa shape index (κ3) is 3.74. The van der Waals surface area contributed by atoms with E-state index in [1.807, 2.05) is 35.7 Å². The van der Waals surface area contributed by atoms with Gasteiger partial charge in [0.2, 0.25) is 0 Å². The van der Waals surface area contributed by atoms with Gasteiger partial charge in [-0.05, 0) is 35.1 Å². The summed E-state index contributed by atoms with van der Waals surface area (Å²) in [5.74, 6) is 0.431. The van der Waals surface area contributed by atoms with E-state index in [9.17, 15) is 4.79 Å². The molecule has 0 atom stereocenters. The number of thiophene rings is 1. The van der Waals surface area contributed by atoms with E-state index >= 15 is 0 Å². The Labute approximate surface area is 146 Å². The molecule has 2 heterocycles. The van der Waals surface area contributed by atoms with Crippen LogP contribution in [0.2, 0.25) is 0 Å². The minimum Gasteiger partial charge on any atom is -0.352 e. The molecule has 0 saturated heterocycles. The van der Waals surface area contributed by atoms with Crippen molar-refractivity contribution in [2.45, 2.75) is 26.2 Å². The highest BCUT2D eigenvalue weighted by atomic mass is 32.1. The van der Waals surface area contributed by atoms with Gasteiger partial charge >= 0.3 is 0 Å². The minimum atomic E-state index is -0.0394. The standard InChI is InChI=1S/C19H21N3OS/c1-13(2)14-5-7-15(8-6-14)19(23)20-10-9-16-18(22-12-21-16)17-4-3-11-24-17/h3-8,11-13H,9-10H2,1-2H3,(H,20,23)(H,21,22). The Kier molecular flexibility index (Phi) is 5.11. The van der Waals surface area contributed by atoms with Gasteiger partial charge in [0.05, 0.1) is 11.2 Å². The Morgan fingerprint density at radius 3 is 2.71 bits per heavy atom. The number of hydrogen-bond acceptors (Lipinski definition) is 3. The normalized spacial score (nSPS) is 11.0. The Bertz CT molecular complexity index is 788. The van der Waals surface area contributed by atoms with Crippen molar-refractivity contribution < 1.29 is 4.79 Å². The molecule has 0 unspecified atom stereocenters. The lowest BCUT2D eigenvalue weighted by Crippen LogP contribution is -2.25. The molecule has 0 aliphatic heterocycles. The van der Waals surface area contributed by atoms with Crippen LogP contribution in [0.3, 0.4) is 0 Å². The number of aromatic nitrogens is 2. The van der Waals surface area contributed by atoms with Crippen molar-refractivity contribution in [1.82, 2.24) is 15.3 Å². The van der Waals surface area contributed by atoms with Crippen molar-refractivity contribution in [3.8, 4) is 10.6 Å². The molecular formula is C19H21N3OS. The predicted octanol–water partition coefficient (Wildman–Crippen LogP) is 4.23. The fraction of sp³-hybridized carbons (Fsp3) is 0.263. The van der Waals surface area contributed by atoms with E-state index in [4.69, 9.17) is 0 Å². The predicted molar refractivity (Wildman–Crippen MR) is 98.5 cm³/mol. The van der Waals surface area contributed by atoms with Gasteiger partial charge in [-0.3, -0.25) is 4.79 Å². The number of amides is 1. The largest absolute Gasteiger partial charge is 0.352 e. The first-order valence-corrected chi connectivity index (χ1v) is 8.97. The molecule has 0 aliphatic rings. The summed E-state index contributed by atoms with van der Waals surface area (Å²) in [6.45, 7) is 4.86. The van der Waals surface area contributed by atoms with Crippen LogP contribution in [0.1, 0.15) is 41.4 Å². The number of carbonyl (C=O) groups is 1. The quantitative estimate of drug-likeness (QED) is 0.706. The number of imidazole rings is 1. The molecule has 0 radical (unpaired) electrons. The van der Waals surface area contributed by atoms with Crippen LogP contribution in [-0.2, 0) is 6.42 Å². The maximum atomic E-state index is 12.2. The van der Waals surface area contributed by atoms with Gasteiger partial charge in [-0.1, -0.05) is 32.0 Å². The molecule has 3 rings (SSSR count). The van der Waals surface area contributed by atoms with Crippen LogP contribution in [0.15, 0.2) is 48.1 Å². The summed E-state index contributed by atoms with van der Waals surface area (Å²) in [6, 6.07) is 11.9. The topological polar surface area (TPSA) is 57.8 Å². The number of aromatic amines is 1. The monoisotopic (exact) mass is 339 g/mol. The van der Waals surface area contributed by atoms with Gasteiger partial charge < -0.3 is 10.3 Å². The average molecular weight is 339 g/mol. The summed E-state index contributed by atoms with van der Waals surface area (Å²) in [5, 5.41) is 5.01. The van der Waals surface area contributed by atoms with E-state index in [2.05, 4.69) is 35.2 Å². The van der Waals surface area contributed by atoms with Crippen LogP contribution in [-0.4, -0.2) is 22.4 Å². The summed E-state index contributed by atoms with van der Waals surface area (Å²) in [4.78, 5) is 20.9. The number of nitrogens with one attached hydrogen (secondary N) is 2. The molecular weight excluding hydrogens is 318 g/mol. The van der Waals surface area contributed by atoms with E-state index in [0.717, 1.165) is 22.7 Å². The number of carbonyl (C=O) groups excluding carboxylic acids is 1. The number of hydrogen-bond donors (Lipinski definition) is 2. The number of rotatable bonds is 6. The molecule has 0 bridgehead atoms. The maximum absolute atomic E-state index is 12.2. The summed E-state index contributed by atoms with van der Waals surface area (Å²) in [7, 11) is 0. The van der Waals surface area contributed by atoms with Crippen molar-refractivity contribution in [1.29, 1.82) is 0 Å². The fourth-order valence-electron chi connectivity index (χ4n) is 2.56. The zero-order valence-corrected chi connectivity index (χ0v) is 14.7. The molecule has 3 aromatic rings. The van der Waals surface area contributed by atoms with E-state index in [1.54, 1.807) is 17.7 Å². The van der Waals surface area contributed by atoms with Gasteiger partial charge in [0.15, 0.2) is 0 Å². The molecule has 0 spiro atoms. The minimum absolute atomic E-state index is 0.0394. The molecule has 1 aromatic carbocycles. The van der Waals surface area contributed by atoms with Gasteiger partial charge in [0.1, 0.15) is 5.69 Å². The highest BCUT2D eigenvalue weighted by Gasteiger charge is 2.10. The van der Waals surface area contributed by atoms with Crippen LogP contribution in [0.5, 0.6) is 0 Å². The first-order chi connectivity index (χ1) is 11.6. The second-order valence-corrected chi connectivity index (χ2v) is 6.94. The highest BCUT2D eigenvalue weighted by Crippen LogP contribution is 2.25. The van der Waals surface area contributed by atoms with Crippen molar-refractivity contribution in [3.05, 3.63) is 64.9 Å². The van der Waals surface area contributed by atoms with Crippen LogP contribution < -0.4 is 5.32 Å². The van der Waals surface area contributed by atoms with Crippen molar-refractivity contribution in [2.24, 2.45) is 0 Å². The molecule has 4 nitrogen and oxygen atoms in total. The van der Waals surface area contributed by atoms with Crippen LogP contribution >= 0.6 is 11.3 Å². The van der Waals surface area contributed by atoms with Crippen molar-refractivity contribution in [3.63, 3.8) is 0 Å². The molecule has 1 amide bonds. The smallest absolute Gasteiger partial charge is 0.251 e. The van der Waals surface area contributed by atoms with Gasteiger partial charge in [-0.2, -0.15) is 0 Å². The average Bonchev–Trinajstić information content (AvgIpc) is 3.25. The molecule has 0 saturated carbocycles. The van der Waals surface area contributed by atoms with E-state index in [0.29, 0.717) is 18.0 Å². The Morgan fingerprint density at radius 2 is 2.04 bits per heavy atom. The van der Waals surface area contributed by atoms with Crippen molar-refractivity contribution in [2.75, 3.05) is 6.54 Å². The van der Waals surface area contributed by atoms with Crippen LogP contribution in [0.4, 0.5) is 0 Å². The lowest BCUT2D eigenvalue weighted by Gasteiger charge is -2.08. The lowest BCUT2D eigenvalue weighted by molar-refractivity contribution is 0.0954. The van der Waals surface area contributed by atoms with E-state index in [-0.39, 0.29) is 5.91 Å². The summed E-state index contributed by atoms with van der Waals surface area (Å²) in [6.07, 6.45) is 2.43.